The molecule has 0 saturated carbocycles. The Labute approximate surface area is 161 Å². The Balaban J connectivity index is 1.58. The molecule has 1 aliphatic heterocycles. The van der Waals surface area contributed by atoms with Crippen molar-refractivity contribution < 1.29 is 19.7 Å². The van der Waals surface area contributed by atoms with Crippen LogP contribution in [0.25, 0.3) is 11.2 Å². The summed E-state index contributed by atoms with van der Waals surface area (Å²) < 4.78 is 6.62. The molecule has 10 nitrogen and oxygen atoms in total. The van der Waals surface area contributed by atoms with Gasteiger partial charge in [0.2, 0.25) is 5.88 Å². The highest BCUT2D eigenvalue weighted by Gasteiger charge is 2.22. The molecule has 1 atom stereocenters. The van der Waals surface area contributed by atoms with Gasteiger partial charge < -0.3 is 25.2 Å². The van der Waals surface area contributed by atoms with Gasteiger partial charge in [-0.05, 0) is 25.3 Å². The molecule has 0 spiro atoms. The van der Waals surface area contributed by atoms with Crippen molar-refractivity contribution in [1.82, 2.24) is 24.8 Å². The van der Waals surface area contributed by atoms with Gasteiger partial charge in [-0.25, -0.2) is 9.78 Å². The number of aliphatic hydroxyl groups is 1. The van der Waals surface area contributed by atoms with Crippen LogP contribution in [0.4, 0.5) is 4.79 Å². The number of piperidine rings is 1. The number of rotatable bonds is 7. The Morgan fingerprint density at radius 2 is 2.14 bits per heavy atom. The van der Waals surface area contributed by atoms with Gasteiger partial charge in [0.05, 0.1) is 19.4 Å². The highest BCUT2D eigenvalue weighted by atomic mass is 16.5. The molecule has 152 valence electrons. The molecule has 1 fully saturated rings. The zero-order valence-corrected chi connectivity index (χ0v) is 15.7. The van der Waals surface area contributed by atoms with E-state index >= 15 is 0 Å². The third-order valence-corrected chi connectivity index (χ3v) is 4.94. The molecule has 1 saturated heterocycles. The number of hydrogen-bond acceptors (Lipinski definition) is 7. The second-order valence-corrected chi connectivity index (χ2v) is 6.91. The van der Waals surface area contributed by atoms with E-state index in [9.17, 15) is 14.7 Å². The minimum Gasteiger partial charge on any atom is -0.481 e. The summed E-state index contributed by atoms with van der Waals surface area (Å²) in [6.45, 7) is 2.24. The molecule has 1 aliphatic rings. The fourth-order valence-corrected chi connectivity index (χ4v) is 3.45. The van der Waals surface area contributed by atoms with Crippen molar-refractivity contribution in [3.63, 3.8) is 0 Å². The largest absolute Gasteiger partial charge is 0.481 e. The lowest BCUT2D eigenvalue weighted by atomic mass is 10.0. The smallest absolute Gasteiger partial charge is 0.404 e. The van der Waals surface area contributed by atoms with E-state index in [4.69, 9.17) is 9.84 Å². The summed E-state index contributed by atoms with van der Waals surface area (Å²) in [5.41, 5.74) is 0.739. The Bertz CT molecular complexity index is 878. The molecule has 3 N–H and O–H groups in total. The number of methoxy groups -OCH3 is 1. The number of aromatic nitrogens is 3. The topological polar surface area (TPSA) is 130 Å². The van der Waals surface area contributed by atoms with Crippen molar-refractivity contribution >= 4 is 17.3 Å². The molecule has 1 amide bonds. The van der Waals surface area contributed by atoms with Crippen molar-refractivity contribution in [3.8, 4) is 5.88 Å². The van der Waals surface area contributed by atoms with Gasteiger partial charge in [-0.15, -0.1) is 0 Å². The number of likely N-dealkylation sites (tertiary alicyclic amines) is 1. The zero-order valence-electron chi connectivity index (χ0n) is 15.7. The molecule has 28 heavy (non-hydrogen) atoms. The summed E-state index contributed by atoms with van der Waals surface area (Å²) in [6.07, 6.45) is 1.48. The molecular formula is C18H25N5O5. The Kier molecular flexibility index (Phi) is 6.42. The average molecular weight is 391 g/mol. The maximum absolute atomic E-state index is 12.2. The molecule has 3 rings (SSSR count). The van der Waals surface area contributed by atoms with Crippen molar-refractivity contribution in [3.05, 3.63) is 28.7 Å². The van der Waals surface area contributed by atoms with Gasteiger partial charge in [0.1, 0.15) is 5.52 Å². The molecule has 10 heteroatoms. The predicted molar refractivity (Wildman–Crippen MR) is 102 cm³/mol. The lowest BCUT2D eigenvalue weighted by Crippen LogP contribution is -2.46. The summed E-state index contributed by atoms with van der Waals surface area (Å²) in [7, 11) is 1.51. The number of aryl methyl sites for hydroxylation is 1. The number of aliphatic hydroxyl groups excluding tert-OH is 1. The number of hydrogen-bond donors (Lipinski definition) is 3. The number of carbonyl (C=O) groups is 1. The average Bonchev–Trinajstić information content (AvgIpc) is 2.68. The van der Waals surface area contributed by atoms with Crippen molar-refractivity contribution in [1.29, 1.82) is 0 Å². The molecular weight excluding hydrogens is 366 g/mol. The normalized spacial score (nSPS) is 16.8. The van der Waals surface area contributed by atoms with E-state index in [-0.39, 0.29) is 11.6 Å². The number of carboxylic acid groups (broad SMARTS) is 1. The van der Waals surface area contributed by atoms with Crippen LogP contribution in [0.3, 0.4) is 0 Å². The lowest BCUT2D eigenvalue weighted by Gasteiger charge is -2.33. The van der Waals surface area contributed by atoms with E-state index in [2.05, 4.69) is 20.2 Å². The quantitative estimate of drug-likeness (QED) is 0.614. The SMILES string of the molecule is COc1ccc2ncc(=O)n(CC[C@@H](O)CN3CCC(NC(=O)O)CC3)c2n1. The van der Waals surface area contributed by atoms with Crippen LogP contribution in [0.1, 0.15) is 19.3 Å². The molecule has 2 aromatic rings. The third kappa shape index (κ3) is 4.96. The van der Waals surface area contributed by atoms with E-state index in [0.29, 0.717) is 36.6 Å². The first-order valence-electron chi connectivity index (χ1n) is 9.26. The van der Waals surface area contributed by atoms with Crippen LogP contribution in [0.5, 0.6) is 5.88 Å². The Morgan fingerprint density at radius 3 is 2.82 bits per heavy atom. The van der Waals surface area contributed by atoms with Gasteiger partial charge in [-0.3, -0.25) is 9.36 Å². The minimum atomic E-state index is -1.00. The van der Waals surface area contributed by atoms with Crippen molar-refractivity contribution in [2.75, 3.05) is 26.7 Å². The molecule has 0 bridgehead atoms. The number of amides is 1. The van der Waals surface area contributed by atoms with E-state index in [1.54, 1.807) is 12.1 Å². The second kappa shape index (κ2) is 8.98. The molecule has 0 aliphatic carbocycles. The van der Waals surface area contributed by atoms with Crippen LogP contribution < -0.4 is 15.6 Å². The lowest BCUT2D eigenvalue weighted by molar-refractivity contribution is 0.0847. The fourth-order valence-electron chi connectivity index (χ4n) is 3.45. The maximum Gasteiger partial charge on any atom is 0.404 e. The first kappa shape index (κ1) is 20.0. The van der Waals surface area contributed by atoms with Crippen LogP contribution in [0.2, 0.25) is 0 Å². The minimum absolute atomic E-state index is 0.0336. The summed E-state index contributed by atoms with van der Waals surface area (Å²) in [5.74, 6) is 0.395. The van der Waals surface area contributed by atoms with E-state index in [1.165, 1.54) is 17.9 Å². The molecule has 0 aromatic carbocycles. The van der Waals surface area contributed by atoms with Crippen LogP contribution >= 0.6 is 0 Å². The molecule has 0 unspecified atom stereocenters. The highest BCUT2D eigenvalue weighted by Crippen LogP contribution is 2.14. The Hall–Kier alpha value is -2.72. The second-order valence-electron chi connectivity index (χ2n) is 6.91. The van der Waals surface area contributed by atoms with Gasteiger partial charge in [-0.1, -0.05) is 0 Å². The summed E-state index contributed by atoms with van der Waals surface area (Å²) in [6, 6.07) is 3.39. The Morgan fingerprint density at radius 1 is 1.39 bits per heavy atom. The molecule has 0 radical (unpaired) electrons. The summed E-state index contributed by atoms with van der Waals surface area (Å²) in [5, 5.41) is 21.7. The standard InChI is InChI=1S/C18H25N5O5/c1-28-15-3-2-14-17(21-15)23(16(25)10-19-14)9-6-13(24)11-22-7-4-12(5-8-22)20-18(26)27/h2-3,10,12-13,20,24H,4-9,11H2,1H3,(H,26,27)/t13-/m1/s1. The number of nitrogens with one attached hydrogen (secondary N) is 1. The monoisotopic (exact) mass is 391 g/mol. The summed E-state index contributed by atoms with van der Waals surface area (Å²) in [4.78, 5) is 33.4. The number of fused-ring (bicyclic) bond motifs is 1. The third-order valence-electron chi connectivity index (χ3n) is 4.94. The number of β-amino-alcohol motifs (C(OH)–C–C–N with tert-alkyl or cyclic N) is 1. The fraction of sp³-hybridized carbons (Fsp3) is 0.556. The van der Waals surface area contributed by atoms with Crippen LogP contribution in [0.15, 0.2) is 23.1 Å². The van der Waals surface area contributed by atoms with Gasteiger partial charge in [0.25, 0.3) is 5.56 Å². The van der Waals surface area contributed by atoms with Gasteiger partial charge in [0, 0.05) is 38.3 Å². The maximum atomic E-state index is 12.2. The predicted octanol–water partition coefficient (Wildman–Crippen LogP) is 0.283. The van der Waals surface area contributed by atoms with Gasteiger partial charge in [0.15, 0.2) is 5.65 Å². The van der Waals surface area contributed by atoms with Crippen molar-refractivity contribution in [2.45, 2.75) is 38.0 Å². The van der Waals surface area contributed by atoms with E-state index < -0.39 is 12.2 Å². The highest BCUT2D eigenvalue weighted by molar-refractivity contribution is 5.70. The number of ether oxygens (including phenoxy) is 1. The summed E-state index contributed by atoms with van der Waals surface area (Å²) >= 11 is 0. The first-order chi connectivity index (χ1) is 13.5. The van der Waals surface area contributed by atoms with E-state index in [1.807, 2.05) is 0 Å². The molecule has 2 aromatic heterocycles. The van der Waals surface area contributed by atoms with Crippen LogP contribution in [-0.2, 0) is 6.54 Å². The van der Waals surface area contributed by atoms with E-state index in [0.717, 1.165) is 25.9 Å². The van der Waals surface area contributed by atoms with Gasteiger partial charge >= 0.3 is 6.09 Å². The number of nitrogens with zero attached hydrogens (tertiary/aromatic N) is 4. The van der Waals surface area contributed by atoms with Crippen LogP contribution in [0, 0.1) is 0 Å². The number of pyridine rings is 1. The van der Waals surface area contributed by atoms with Crippen molar-refractivity contribution in [2.24, 2.45) is 0 Å². The van der Waals surface area contributed by atoms with Crippen LogP contribution in [-0.4, -0.2) is 74.6 Å². The zero-order chi connectivity index (χ0) is 20.1. The molecule has 3 heterocycles. The first-order valence-corrected chi connectivity index (χ1v) is 9.26. The van der Waals surface area contributed by atoms with Gasteiger partial charge in [-0.2, -0.15) is 4.98 Å².